The van der Waals surface area contributed by atoms with E-state index in [9.17, 15) is 9.90 Å². The third kappa shape index (κ3) is 3.61. The second kappa shape index (κ2) is 7.43. The highest BCUT2D eigenvalue weighted by Crippen LogP contribution is 2.25. The maximum atomic E-state index is 12.3. The molecule has 0 atom stereocenters. The Labute approximate surface area is 152 Å². The van der Waals surface area contributed by atoms with Crippen LogP contribution in [0.4, 0.5) is 0 Å². The monoisotopic (exact) mass is 353 g/mol. The lowest BCUT2D eigenvalue weighted by Crippen LogP contribution is -2.26. The number of benzene rings is 1. The molecule has 0 saturated heterocycles. The van der Waals surface area contributed by atoms with Crippen LogP contribution in [0.15, 0.2) is 30.3 Å². The fraction of sp³-hybridized carbons (Fsp3) is 0.316. The van der Waals surface area contributed by atoms with Gasteiger partial charge in [0.25, 0.3) is 5.91 Å². The number of aromatic nitrogens is 4. The Morgan fingerprint density at radius 2 is 2.00 bits per heavy atom. The molecule has 0 unspecified atom stereocenters. The lowest BCUT2D eigenvalue weighted by molar-refractivity contribution is 0.0949. The number of H-pyrrole nitrogens is 1. The van der Waals surface area contributed by atoms with Gasteiger partial charge >= 0.3 is 0 Å². The van der Waals surface area contributed by atoms with Gasteiger partial charge in [-0.3, -0.25) is 14.6 Å². The Balaban J connectivity index is 1.65. The Morgan fingerprint density at radius 1 is 1.27 bits per heavy atom. The summed E-state index contributed by atoms with van der Waals surface area (Å²) in [5, 5.41) is 23.8. The second-order valence-electron chi connectivity index (χ2n) is 6.20. The van der Waals surface area contributed by atoms with E-state index in [0.717, 1.165) is 34.8 Å². The number of rotatable bonds is 6. The zero-order valence-corrected chi connectivity index (χ0v) is 15.2. The van der Waals surface area contributed by atoms with E-state index in [2.05, 4.69) is 20.6 Å². The fourth-order valence-corrected chi connectivity index (χ4v) is 3.02. The van der Waals surface area contributed by atoms with Crippen molar-refractivity contribution in [3.63, 3.8) is 0 Å². The molecule has 0 aliphatic heterocycles. The molecule has 3 rings (SSSR count). The van der Waals surface area contributed by atoms with Crippen LogP contribution in [0.1, 0.15) is 34.4 Å². The van der Waals surface area contributed by atoms with Crippen molar-refractivity contribution in [2.75, 3.05) is 6.54 Å². The highest BCUT2D eigenvalue weighted by Gasteiger charge is 2.17. The van der Waals surface area contributed by atoms with Gasteiger partial charge < -0.3 is 10.4 Å². The molecule has 0 spiro atoms. The minimum Gasteiger partial charge on any atom is -0.508 e. The summed E-state index contributed by atoms with van der Waals surface area (Å²) in [6.07, 6.45) is 0.689. The van der Waals surface area contributed by atoms with Gasteiger partial charge in [-0.1, -0.05) is 12.1 Å². The van der Waals surface area contributed by atoms with E-state index >= 15 is 0 Å². The molecule has 2 aromatic heterocycles. The molecule has 1 aromatic carbocycles. The van der Waals surface area contributed by atoms with Gasteiger partial charge in [0.1, 0.15) is 11.4 Å². The van der Waals surface area contributed by atoms with Crippen molar-refractivity contribution in [3.8, 4) is 17.0 Å². The molecule has 1 amide bonds. The summed E-state index contributed by atoms with van der Waals surface area (Å²) < 4.78 is 1.93. The molecule has 0 saturated carbocycles. The highest BCUT2D eigenvalue weighted by atomic mass is 16.3. The van der Waals surface area contributed by atoms with Crippen LogP contribution in [0, 0.1) is 13.8 Å². The third-order valence-electron chi connectivity index (χ3n) is 4.40. The van der Waals surface area contributed by atoms with Crippen molar-refractivity contribution >= 4 is 5.91 Å². The summed E-state index contributed by atoms with van der Waals surface area (Å²) in [6, 6.07) is 8.71. The average molecular weight is 353 g/mol. The van der Waals surface area contributed by atoms with E-state index in [-0.39, 0.29) is 11.7 Å². The van der Waals surface area contributed by atoms with Crippen molar-refractivity contribution in [2.24, 2.45) is 0 Å². The number of amides is 1. The Hall–Kier alpha value is -3.09. The zero-order chi connectivity index (χ0) is 18.7. The van der Waals surface area contributed by atoms with Crippen molar-refractivity contribution in [1.82, 2.24) is 25.3 Å². The first kappa shape index (κ1) is 17.7. The predicted molar refractivity (Wildman–Crippen MR) is 99.1 cm³/mol. The van der Waals surface area contributed by atoms with E-state index in [1.165, 1.54) is 0 Å². The molecule has 136 valence electrons. The van der Waals surface area contributed by atoms with Crippen molar-refractivity contribution < 1.29 is 9.90 Å². The fourth-order valence-electron chi connectivity index (χ4n) is 3.02. The van der Waals surface area contributed by atoms with Gasteiger partial charge in [-0.2, -0.15) is 10.2 Å². The third-order valence-corrected chi connectivity index (χ3v) is 4.40. The molecular formula is C19H23N5O2. The van der Waals surface area contributed by atoms with Gasteiger partial charge in [-0.05, 0) is 51.0 Å². The molecule has 26 heavy (non-hydrogen) atoms. The van der Waals surface area contributed by atoms with E-state index in [0.29, 0.717) is 18.7 Å². The van der Waals surface area contributed by atoms with Crippen molar-refractivity contribution in [2.45, 2.75) is 33.7 Å². The number of nitrogens with one attached hydrogen (secondary N) is 2. The molecule has 0 radical (unpaired) electrons. The summed E-state index contributed by atoms with van der Waals surface area (Å²) in [7, 11) is 0. The standard InChI is InChI=1S/C19H23N5O2/c1-4-24-13(3)18(12(2)23-24)16-11-17(22-21-16)19(26)20-10-9-14-5-7-15(25)8-6-14/h5-8,11,25H,4,9-10H2,1-3H3,(H,20,26)(H,21,22). The first-order valence-electron chi connectivity index (χ1n) is 8.65. The molecule has 0 aliphatic rings. The summed E-state index contributed by atoms with van der Waals surface area (Å²) >= 11 is 0. The number of aromatic amines is 1. The van der Waals surface area contributed by atoms with Gasteiger partial charge in [0.05, 0.1) is 11.4 Å². The quantitative estimate of drug-likeness (QED) is 0.635. The number of hydrogen-bond acceptors (Lipinski definition) is 4. The minimum absolute atomic E-state index is 0.194. The number of carbonyl (C=O) groups is 1. The number of phenols is 1. The van der Waals surface area contributed by atoms with Crippen molar-refractivity contribution in [3.05, 3.63) is 53.0 Å². The van der Waals surface area contributed by atoms with Crippen LogP contribution >= 0.6 is 0 Å². The van der Waals surface area contributed by atoms with Gasteiger partial charge in [0.2, 0.25) is 0 Å². The molecular weight excluding hydrogens is 330 g/mol. The van der Waals surface area contributed by atoms with Gasteiger partial charge in [0.15, 0.2) is 0 Å². The number of phenolic OH excluding ortho intramolecular Hbond substituents is 1. The Bertz CT molecular complexity index is 909. The number of hydrogen-bond donors (Lipinski definition) is 3. The Morgan fingerprint density at radius 3 is 2.65 bits per heavy atom. The number of aromatic hydroxyl groups is 1. The van der Waals surface area contributed by atoms with Crippen molar-refractivity contribution in [1.29, 1.82) is 0 Å². The Kier molecular flexibility index (Phi) is 5.06. The number of aryl methyl sites for hydroxylation is 2. The van der Waals surface area contributed by atoms with Crippen LogP contribution in [0.5, 0.6) is 5.75 Å². The first-order valence-corrected chi connectivity index (χ1v) is 8.65. The summed E-state index contributed by atoms with van der Waals surface area (Å²) in [5.41, 5.74) is 5.10. The lowest BCUT2D eigenvalue weighted by Gasteiger charge is -2.04. The lowest BCUT2D eigenvalue weighted by atomic mass is 10.1. The van der Waals surface area contributed by atoms with Gasteiger partial charge in [-0.15, -0.1) is 0 Å². The topological polar surface area (TPSA) is 95.8 Å². The normalized spacial score (nSPS) is 10.9. The van der Waals surface area contributed by atoms with E-state index in [1.54, 1.807) is 18.2 Å². The van der Waals surface area contributed by atoms with Crippen LogP contribution in [-0.4, -0.2) is 37.5 Å². The van der Waals surface area contributed by atoms with Crippen LogP contribution in [0.2, 0.25) is 0 Å². The maximum absolute atomic E-state index is 12.3. The van der Waals surface area contributed by atoms with Gasteiger partial charge in [0, 0.05) is 24.3 Å². The molecule has 7 heteroatoms. The molecule has 2 heterocycles. The molecule has 7 nitrogen and oxygen atoms in total. The van der Waals surface area contributed by atoms with Gasteiger partial charge in [-0.25, -0.2) is 0 Å². The van der Waals surface area contributed by atoms with Crippen LogP contribution in [0.25, 0.3) is 11.3 Å². The smallest absolute Gasteiger partial charge is 0.269 e. The molecule has 0 fully saturated rings. The average Bonchev–Trinajstić information content (AvgIpc) is 3.21. The SMILES string of the molecule is CCn1nc(C)c(-c2cc(C(=O)NCCc3ccc(O)cc3)[nH]n2)c1C. The van der Waals surface area contributed by atoms with Crippen LogP contribution in [-0.2, 0) is 13.0 Å². The number of nitrogens with zero attached hydrogens (tertiary/aromatic N) is 3. The largest absolute Gasteiger partial charge is 0.508 e. The summed E-state index contributed by atoms with van der Waals surface area (Å²) in [4.78, 5) is 12.3. The number of carbonyl (C=O) groups excluding carboxylic acids is 1. The minimum atomic E-state index is -0.194. The second-order valence-corrected chi connectivity index (χ2v) is 6.20. The van der Waals surface area contributed by atoms with E-state index < -0.39 is 0 Å². The molecule has 3 aromatic rings. The molecule has 0 aliphatic carbocycles. The van der Waals surface area contributed by atoms with Crippen LogP contribution < -0.4 is 5.32 Å². The highest BCUT2D eigenvalue weighted by molar-refractivity contribution is 5.93. The maximum Gasteiger partial charge on any atom is 0.269 e. The molecule has 0 bridgehead atoms. The zero-order valence-electron chi connectivity index (χ0n) is 15.2. The van der Waals surface area contributed by atoms with Crippen LogP contribution in [0.3, 0.4) is 0 Å². The summed E-state index contributed by atoms with van der Waals surface area (Å²) in [6.45, 7) is 7.29. The van der Waals surface area contributed by atoms with E-state index in [1.807, 2.05) is 37.6 Å². The first-order chi connectivity index (χ1) is 12.5. The summed E-state index contributed by atoms with van der Waals surface area (Å²) in [5.74, 6) is 0.0421. The van der Waals surface area contributed by atoms with E-state index in [4.69, 9.17) is 0 Å². The predicted octanol–water partition coefficient (Wildman–Crippen LogP) is 2.59. The molecule has 3 N–H and O–H groups in total.